The number of rotatable bonds is 8. The SMILES string of the molecule is COc1nc2ccc(-c3cn(C(c4ccccc4)(c4ccccc4)c4ccccc4)nc3-c3ccc(F)cc3)cc2n1-c1ccc(F)cc1. The molecule has 0 bridgehead atoms. The zero-order chi connectivity index (χ0) is 33.4. The highest BCUT2D eigenvalue weighted by molar-refractivity contribution is 5.89. The van der Waals surface area contributed by atoms with E-state index in [4.69, 9.17) is 14.8 Å². The molecule has 0 aliphatic carbocycles. The largest absolute Gasteiger partial charge is 0.468 e. The Labute approximate surface area is 282 Å². The zero-order valence-electron chi connectivity index (χ0n) is 26.5. The third-order valence-electron chi connectivity index (χ3n) is 8.95. The maximum absolute atomic E-state index is 14.3. The molecule has 5 nitrogen and oxygen atoms in total. The molecule has 2 aromatic heterocycles. The van der Waals surface area contributed by atoms with E-state index >= 15 is 0 Å². The molecule has 0 fully saturated rings. The van der Waals surface area contributed by atoms with E-state index in [2.05, 4.69) is 42.6 Å². The van der Waals surface area contributed by atoms with Gasteiger partial charge in [0.25, 0.3) is 0 Å². The van der Waals surface area contributed by atoms with Crippen LogP contribution in [-0.2, 0) is 5.54 Å². The molecule has 0 N–H and O–H groups in total. The van der Waals surface area contributed by atoms with Crippen LogP contribution in [-0.4, -0.2) is 26.4 Å². The number of hydrogen-bond acceptors (Lipinski definition) is 3. The van der Waals surface area contributed by atoms with Crippen molar-refractivity contribution in [2.75, 3.05) is 7.11 Å². The van der Waals surface area contributed by atoms with Gasteiger partial charge in [0.1, 0.15) is 22.9 Å². The lowest BCUT2D eigenvalue weighted by atomic mass is 9.77. The first kappa shape index (κ1) is 30.0. The maximum Gasteiger partial charge on any atom is 0.301 e. The lowest BCUT2D eigenvalue weighted by Crippen LogP contribution is -2.38. The van der Waals surface area contributed by atoms with Gasteiger partial charge in [0, 0.05) is 17.3 Å². The lowest BCUT2D eigenvalue weighted by Gasteiger charge is -2.36. The molecule has 0 atom stereocenters. The summed E-state index contributed by atoms with van der Waals surface area (Å²) in [6.45, 7) is 0. The normalized spacial score (nSPS) is 11.6. The van der Waals surface area contributed by atoms with Crippen molar-refractivity contribution in [3.05, 3.63) is 192 Å². The first-order valence-corrected chi connectivity index (χ1v) is 15.9. The van der Waals surface area contributed by atoms with E-state index in [1.54, 1.807) is 31.4 Å². The highest BCUT2D eigenvalue weighted by Crippen LogP contribution is 2.43. The van der Waals surface area contributed by atoms with E-state index in [1.165, 1.54) is 24.3 Å². The van der Waals surface area contributed by atoms with Crippen LogP contribution in [0.4, 0.5) is 8.78 Å². The fourth-order valence-corrected chi connectivity index (χ4v) is 6.71. The summed E-state index contributed by atoms with van der Waals surface area (Å²) in [7, 11) is 1.56. The summed E-state index contributed by atoms with van der Waals surface area (Å²) in [5, 5.41) is 5.39. The Kier molecular flexibility index (Phi) is 7.57. The van der Waals surface area contributed by atoms with Crippen LogP contribution in [0.2, 0.25) is 0 Å². The molecule has 8 rings (SSSR count). The Balaban J connectivity index is 1.43. The smallest absolute Gasteiger partial charge is 0.301 e. The quantitative estimate of drug-likeness (QED) is 0.155. The third-order valence-corrected chi connectivity index (χ3v) is 8.95. The minimum absolute atomic E-state index is 0.325. The highest BCUT2D eigenvalue weighted by atomic mass is 19.1. The summed E-state index contributed by atoms with van der Waals surface area (Å²) < 4.78 is 37.7. The van der Waals surface area contributed by atoms with Crippen LogP contribution in [0.1, 0.15) is 16.7 Å². The second-order valence-electron chi connectivity index (χ2n) is 11.8. The summed E-state index contributed by atoms with van der Waals surface area (Å²) in [6, 6.07) is 50.0. The molecular weight excluding hydrogens is 614 g/mol. The minimum atomic E-state index is -0.861. The number of hydrogen-bond donors (Lipinski definition) is 0. The van der Waals surface area contributed by atoms with Crippen molar-refractivity contribution in [1.29, 1.82) is 0 Å². The van der Waals surface area contributed by atoms with Gasteiger partial charge in [0.15, 0.2) is 0 Å². The Morgan fingerprint density at radius 3 is 1.63 bits per heavy atom. The molecule has 6 aromatic carbocycles. The number of ether oxygens (including phenoxy) is 1. The number of nitrogens with zero attached hydrogens (tertiary/aromatic N) is 4. The minimum Gasteiger partial charge on any atom is -0.468 e. The summed E-state index contributed by atoms with van der Waals surface area (Å²) in [6.07, 6.45) is 2.07. The van der Waals surface area contributed by atoms with E-state index in [-0.39, 0.29) is 11.6 Å². The molecule has 0 spiro atoms. The average molecular weight is 645 g/mol. The first-order chi connectivity index (χ1) is 24.1. The van der Waals surface area contributed by atoms with Gasteiger partial charge in [-0.25, -0.2) is 8.78 Å². The second kappa shape index (κ2) is 12.4. The number of benzene rings is 6. The molecule has 238 valence electrons. The van der Waals surface area contributed by atoms with Crippen molar-refractivity contribution in [2.45, 2.75) is 5.54 Å². The predicted octanol–water partition coefficient (Wildman–Crippen LogP) is 9.68. The molecule has 0 amide bonds. The first-order valence-electron chi connectivity index (χ1n) is 15.9. The zero-order valence-corrected chi connectivity index (χ0v) is 26.5. The summed E-state index contributed by atoms with van der Waals surface area (Å²) >= 11 is 0. The van der Waals surface area contributed by atoms with Crippen LogP contribution in [0.3, 0.4) is 0 Å². The molecule has 8 aromatic rings. The van der Waals surface area contributed by atoms with Crippen LogP contribution < -0.4 is 4.74 Å². The van der Waals surface area contributed by atoms with Crippen molar-refractivity contribution >= 4 is 11.0 Å². The van der Waals surface area contributed by atoms with E-state index in [0.29, 0.717) is 22.9 Å². The summed E-state index contributed by atoms with van der Waals surface area (Å²) in [5.41, 5.74) is 7.59. The van der Waals surface area contributed by atoms with Gasteiger partial charge in [0.2, 0.25) is 0 Å². The Hall–Kier alpha value is -6.34. The molecule has 7 heteroatoms. The molecule has 49 heavy (non-hydrogen) atoms. The molecule has 2 heterocycles. The van der Waals surface area contributed by atoms with Gasteiger partial charge in [-0.05, 0) is 82.9 Å². The van der Waals surface area contributed by atoms with Crippen LogP contribution in [0.15, 0.2) is 164 Å². The fourth-order valence-electron chi connectivity index (χ4n) is 6.71. The second-order valence-corrected chi connectivity index (χ2v) is 11.8. The number of methoxy groups -OCH3 is 1. The average Bonchev–Trinajstić information content (AvgIpc) is 3.76. The van der Waals surface area contributed by atoms with E-state index in [0.717, 1.165) is 38.9 Å². The standard InChI is InChI=1S/C42H30F2N4O/c1-49-41-45-38-26-19-30(27-39(38)48(41)36-24-22-35(44)23-25-36)37-28-47(46-40(37)29-17-20-34(43)21-18-29)42(31-11-5-2-6-12-31,32-13-7-3-8-14-32)33-15-9-4-10-16-33/h2-28H,1H3. The van der Waals surface area contributed by atoms with Crippen LogP contribution in [0, 0.1) is 11.6 Å². The van der Waals surface area contributed by atoms with Crippen molar-refractivity contribution < 1.29 is 13.5 Å². The van der Waals surface area contributed by atoms with Gasteiger partial charge in [-0.3, -0.25) is 9.25 Å². The summed E-state index contributed by atoms with van der Waals surface area (Å²) in [4.78, 5) is 4.70. The van der Waals surface area contributed by atoms with Crippen LogP contribution in [0.25, 0.3) is 39.1 Å². The monoisotopic (exact) mass is 644 g/mol. The molecule has 0 aliphatic rings. The number of aromatic nitrogens is 4. The van der Waals surface area contributed by atoms with E-state index in [9.17, 15) is 8.78 Å². The van der Waals surface area contributed by atoms with Crippen LogP contribution >= 0.6 is 0 Å². The molecule has 0 saturated carbocycles. The predicted molar refractivity (Wildman–Crippen MR) is 189 cm³/mol. The van der Waals surface area contributed by atoms with Gasteiger partial charge in [-0.1, -0.05) is 97.1 Å². The molecule has 0 saturated heterocycles. The molecular formula is C42H30F2N4O. The van der Waals surface area contributed by atoms with Crippen molar-refractivity contribution in [1.82, 2.24) is 19.3 Å². The van der Waals surface area contributed by atoms with Crippen molar-refractivity contribution in [3.63, 3.8) is 0 Å². The van der Waals surface area contributed by atoms with Gasteiger partial charge in [-0.2, -0.15) is 10.1 Å². The molecule has 0 aliphatic heterocycles. The number of halogens is 2. The maximum atomic E-state index is 14.3. The molecule has 0 unspecified atom stereocenters. The Morgan fingerprint density at radius 1 is 0.592 bits per heavy atom. The van der Waals surface area contributed by atoms with Crippen LogP contribution in [0.5, 0.6) is 6.01 Å². The third kappa shape index (κ3) is 5.16. The van der Waals surface area contributed by atoms with E-state index < -0.39 is 5.54 Å². The number of fused-ring (bicyclic) bond motifs is 1. The van der Waals surface area contributed by atoms with Crippen molar-refractivity contribution in [3.8, 4) is 34.1 Å². The van der Waals surface area contributed by atoms with Gasteiger partial charge < -0.3 is 4.74 Å². The van der Waals surface area contributed by atoms with Gasteiger partial charge >= 0.3 is 6.01 Å². The number of imidazole rings is 1. The highest BCUT2D eigenvalue weighted by Gasteiger charge is 2.40. The van der Waals surface area contributed by atoms with Crippen molar-refractivity contribution in [2.24, 2.45) is 0 Å². The lowest BCUT2D eigenvalue weighted by molar-refractivity contribution is 0.376. The fraction of sp³-hybridized carbons (Fsp3) is 0.0476. The Morgan fingerprint density at radius 2 is 1.10 bits per heavy atom. The van der Waals surface area contributed by atoms with Gasteiger partial charge in [0.05, 0.1) is 23.8 Å². The Bertz CT molecular complexity index is 2270. The van der Waals surface area contributed by atoms with E-state index in [1.807, 2.05) is 82.0 Å². The van der Waals surface area contributed by atoms with Gasteiger partial charge in [-0.15, -0.1) is 0 Å². The topological polar surface area (TPSA) is 44.9 Å². The summed E-state index contributed by atoms with van der Waals surface area (Å²) in [5.74, 6) is -0.656. The molecule has 0 radical (unpaired) electrons.